The Morgan fingerprint density at radius 3 is 2.45 bits per heavy atom. The number of unbranched alkanes of at least 4 members (excludes halogenated alkanes) is 2. The summed E-state index contributed by atoms with van der Waals surface area (Å²) in [6.45, 7) is 1.57. The number of aliphatic hydroxyl groups is 1. The summed E-state index contributed by atoms with van der Waals surface area (Å²) in [6.07, 6.45) is 8.93. The van der Waals surface area contributed by atoms with Gasteiger partial charge in [-0.05, 0) is 49.1 Å². The predicted molar refractivity (Wildman–Crippen MR) is 157 cm³/mol. The summed E-state index contributed by atoms with van der Waals surface area (Å²) in [5.74, 6) is -1.49. The van der Waals surface area contributed by atoms with Gasteiger partial charge in [0.25, 0.3) is 5.91 Å². The molecule has 4 aliphatic rings. The van der Waals surface area contributed by atoms with Crippen molar-refractivity contribution in [3.8, 4) is 5.75 Å². The minimum absolute atomic E-state index is 0.0712. The number of rotatable bonds is 9. The van der Waals surface area contributed by atoms with E-state index in [1.165, 1.54) is 0 Å². The molecule has 0 bridgehead atoms. The SMILES string of the molecule is COc1ccc(N2CC=C[C@]34O[C@@H]5C=CCN(Cc6ccccc6)C(=O)[C@@H]5[C@H]3C(=O)N(CCCCCO)C4C2=O)cc1. The minimum Gasteiger partial charge on any atom is -0.497 e. The molecule has 2 saturated heterocycles. The first-order valence-electron chi connectivity index (χ1n) is 14.7. The fourth-order valence-corrected chi connectivity index (χ4v) is 6.94. The summed E-state index contributed by atoms with van der Waals surface area (Å²) in [4.78, 5) is 48.1. The van der Waals surface area contributed by atoms with Gasteiger partial charge in [0.15, 0.2) is 0 Å². The lowest BCUT2D eigenvalue weighted by Gasteiger charge is -2.35. The van der Waals surface area contributed by atoms with Crippen LogP contribution in [0.3, 0.4) is 0 Å². The third kappa shape index (κ3) is 4.80. The number of methoxy groups -OCH3 is 1. The first kappa shape index (κ1) is 28.2. The van der Waals surface area contributed by atoms with Gasteiger partial charge in [0.1, 0.15) is 17.4 Å². The van der Waals surface area contributed by atoms with Crippen molar-refractivity contribution in [1.82, 2.24) is 9.80 Å². The van der Waals surface area contributed by atoms with E-state index < -0.39 is 29.6 Å². The third-order valence-corrected chi connectivity index (χ3v) is 8.90. The maximum absolute atomic E-state index is 14.5. The number of aliphatic hydroxyl groups excluding tert-OH is 1. The second-order valence-electron chi connectivity index (χ2n) is 11.3. The number of ether oxygens (including phenoxy) is 2. The average Bonchev–Trinajstić information content (AvgIpc) is 3.32. The monoisotopic (exact) mass is 571 g/mol. The zero-order valence-corrected chi connectivity index (χ0v) is 23.8. The Kier molecular flexibility index (Phi) is 7.88. The summed E-state index contributed by atoms with van der Waals surface area (Å²) in [7, 11) is 1.59. The molecule has 1 unspecified atom stereocenters. The van der Waals surface area contributed by atoms with Gasteiger partial charge in [-0.25, -0.2) is 0 Å². The maximum atomic E-state index is 14.5. The van der Waals surface area contributed by atoms with Crippen molar-refractivity contribution in [3.05, 3.63) is 84.5 Å². The van der Waals surface area contributed by atoms with Crippen LogP contribution < -0.4 is 9.64 Å². The van der Waals surface area contributed by atoms with Crippen molar-refractivity contribution >= 4 is 23.4 Å². The van der Waals surface area contributed by atoms with Gasteiger partial charge in [-0.3, -0.25) is 14.4 Å². The number of carbonyl (C=O) groups is 3. The average molecular weight is 572 g/mol. The van der Waals surface area contributed by atoms with Crippen molar-refractivity contribution in [1.29, 1.82) is 0 Å². The first-order valence-corrected chi connectivity index (χ1v) is 14.7. The second-order valence-corrected chi connectivity index (χ2v) is 11.3. The van der Waals surface area contributed by atoms with Gasteiger partial charge in [-0.1, -0.05) is 54.6 Å². The third-order valence-electron chi connectivity index (χ3n) is 8.90. The van der Waals surface area contributed by atoms with E-state index in [1.807, 2.05) is 66.8 Å². The lowest BCUT2D eigenvalue weighted by atomic mass is 9.77. The summed E-state index contributed by atoms with van der Waals surface area (Å²) in [6, 6.07) is 16.1. The van der Waals surface area contributed by atoms with Crippen LogP contribution in [0, 0.1) is 11.8 Å². The molecule has 4 aliphatic heterocycles. The highest BCUT2D eigenvalue weighted by molar-refractivity contribution is 6.05. The van der Waals surface area contributed by atoms with E-state index in [9.17, 15) is 19.5 Å². The Balaban J connectivity index is 1.36. The van der Waals surface area contributed by atoms with Crippen LogP contribution in [0.4, 0.5) is 5.69 Å². The van der Waals surface area contributed by atoms with E-state index in [0.717, 1.165) is 12.0 Å². The second kappa shape index (κ2) is 11.7. The molecule has 1 spiro atoms. The van der Waals surface area contributed by atoms with E-state index in [-0.39, 0.29) is 24.3 Å². The number of benzene rings is 2. The van der Waals surface area contributed by atoms with Gasteiger partial charge in [0, 0.05) is 38.5 Å². The Bertz CT molecular complexity index is 1380. The summed E-state index contributed by atoms with van der Waals surface area (Å²) < 4.78 is 12.0. The van der Waals surface area contributed by atoms with Crippen LogP contribution in [0.25, 0.3) is 0 Å². The van der Waals surface area contributed by atoms with Crippen LogP contribution in [0.2, 0.25) is 0 Å². The van der Waals surface area contributed by atoms with Crippen LogP contribution in [0.15, 0.2) is 78.9 Å². The van der Waals surface area contributed by atoms with E-state index in [1.54, 1.807) is 33.9 Å². The summed E-state index contributed by atoms with van der Waals surface area (Å²) >= 11 is 0. The molecule has 2 fully saturated rings. The Morgan fingerprint density at radius 2 is 1.71 bits per heavy atom. The summed E-state index contributed by atoms with van der Waals surface area (Å²) in [5, 5.41) is 9.29. The van der Waals surface area contributed by atoms with Crippen molar-refractivity contribution in [2.45, 2.75) is 43.6 Å². The standard InChI is InChI=1S/C33H37N3O6/c1-41-25-15-13-24(14-16-25)35-20-9-17-33-28(31(39)36(29(33)32(35)40)19-6-3-7-21-37)27-26(42-33)12-8-18-34(30(27)38)22-23-10-4-2-5-11-23/h2,4-5,8-17,26-29,37H,3,6-7,18-22H2,1H3/t26-,27+,28+,29?,33+/m1/s1. The van der Waals surface area contributed by atoms with Gasteiger partial charge in [0.05, 0.1) is 25.0 Å². The molecule has 9 heteroatoms. The normalized spacial score (nSPS) is 28.4. The molecule has 0 saturated carbocycles. The molecule has 0 radical (unpaired) electrons. The van der Waals surface area contributed by atoms with Crippen LogP contribution in [-0.4, -0.2) is 83.7 Å². The van der Waals surface area contributed by atoms with Crippen molar-refractivity contribution in [3.63, 3.8) is 0 Å². The highest BCUT2D eigenvalue weighted by atomic mass is 16.5. The molecule has 2 aromatic carbocycles. The van der Waals surface area contributed by atoms with Crippen LogP contribution >= 0.6 is 0 Å². The largest absolute Gasteiger partial charge is 0.497 e. The van der Waals surface area contributed by atoms with E-state index in [2.05, 4.69) is 0 Å². The van der Waals surface area contributed by atoms with Gasteiger partial charge in [-0.2, -0.15) is 0 Å². The Hall–Kier alpha value is -3.95. The molecular weight excluding hydrogens is 534 g/mol. The lowest BCUT2D eigenvalue weighted by Crippen LogP contribution is -2.55. The zero-order valence-electron chi connectivity index (χ0n) is 23.8. The van der Waals surface area contributed by atoms with Gasteiger partial charge in [-0.15, -0.1) is 0 Å². The molecule has 6 rings (SSSR count). The van der Waals surface area contributed by atoms with E-state index >= 15 is 0 Å². The van der Waals surface area contributed by atoms with Crippen LogP contribution in [0.5, 0.6) is 5.75 Å². The van der Waals surface area contributed by atoms with Crippen LogP contribution in [0.1, 0.15) is 24.8 Å². The number of anilines is 1. The quantitative estimate of drug-likeness (QED) is 0.367. The molecule has 1 N–H and O–H groups in total. The first-order chi connectivity index (χ1) is 20.5. The molecule has 9 nitrogen and oxygen atoms in total. The number of carbonyl (C=O) groups excluding carboxylic acids is 3. The fraction of sp³-hybridized carbons (Fsp3) is 0.424. The summed E-state index contributed by atoms with van der Waals surface area (Å²) in [5.41, 5.74) is 0.431. The molecular formula is C33H37N3O6. The van der Waals surface area contributed by atoms with Gasteiger partial charge < -0.3 is 29.3 Å². The molecule has 220 valence electrons. The van der Waals surface area contributed by atoms with Crippen LogP contribution in [-0.2, 0) is 25.7 Å². The van der Waals surface area contributed by atoms with E-state index in [4.69, 9.17) is 9.47 Å². The molecule has 42 heavy (non-hydrogen) atoms. The number of fused-ring (bicyclic) bond motifs is 2. The fourth-order valence-electron chi connectivity index (χ4n) is 6.94. The number of hydrogen-bond acceptors (Lipinski definition) is 6. The molecule has 2 aromatic rings. The van der Waals surface area contributed by atoms with Crippen molar-refractivity contribution in [2.24, 2.45) is 11.8 Å². The van der Waals surface area contributed by atoms with Gasteiger partial charge >= 0.3 is 0 Å². The smallest absolute Gasteiger partial charge is 0.253 e. The topological polar surface area (TPSA) is 99.6 Å². The number of amides is 3. The van der Waals surface area contributed by atoms with Crippen molar-refractivity contribution in [2.75, 3.05) is 38.3 Å². The highest BCUT2D eigenvalue weighted by Gasteiger charge is 2.71. The zero-order chi connectivity index (χ0) is 29.3. The number of hydrogen-bond donors (Lipinski definition) is 1. The number of likely N-dealkylation sites (tertiary alicyclic amines) is 1. The Morgan fingerprint density at radius 1 is 0.929 bits per heavy atom. The lowest BCUT2D eigenvalue weighted by molar-refractivity contribution is -0.144. The van der Waals surface area contributed by atoms with E-state index in [0.29, 0.717) is 50.5 Å². The molecule has 5 atom stereocenters. The minimum atomic E-state index is -1.27. The predicted octanol–water partition coefficient (Wildman–Crippen LogP) is 2.94. The molecule has 0 aromatic heterocycles. The molecule has 0 aliphatic carbocycles. The molecule has 4 heterocycles. The maximum Gasteiger partial charge on any atom is 0.253 e. The highest BCUT2D eigenvalue weighted by Crippen LogP contribution is 2.53. The molecule has 3 amide bonds. The van der Waals surface area contributed by atoms with Crippen molar-refractivity contribution < 1.29 is 29.0 Å². The van der Waals surface area contributed by atoms with Gasteiger partial charge in [0.2, 0.25) is 11.8 Å². The Labute approximate surface area is 246 Å². The number of nitrogens with zero attached hydrogens (tertiary/aromatic N) is 3.